The van der Waals surface area contributed by atoms with Crippen molar-refractivity contribution in [2.45, 2.75) is 33.6 Å². The van der Waals surface area contributed by atoms with Gasteiger partial charge in [-0.25, -0.2) is 4.98 Å². The van der Waals surface area contributed by atoms with Crippen LogP contribution in [0.1, 0.15) is 32.4 Å². The number of aryl methyl sites for hydroxylation is 1. The standard InChI is InChI=1S/C12H19N3O/c1-4-9(5-2)12(16)15-10-6-7-11(13)14-8(10)3/h6-7,9H,4-5H2,1-3H3,(H2,13,14)(H,15,16). The number of rotatable bonds is 4. The van der Waals surface area contributed by atoms with E-state index in [-0.39, 0.29) is 11.8 Å². The van der Waals surface area contributed by atoms with Crippen LogP contribution in [0.25, 0.3) is 0 Å². The van der Waals surface area contributed by atoms with Gasteiger partial charge >= 0.3 is 0 Å². The van der Waals surface area contributed by atoms with Crippen LogP contribution in [0.3, 0.4) is 0 Å². The van der Waals surface area contributed by atoms with Gasteiger partial charge < -0.3 is 11.1 Å². The lowest BCUT2D eigenvalue weighted by Crippen LogP contribution is -2.22. The fraction of sp³-hybridized carbons (Fsp3) is 0.500. The average Bonchev–Trinajstić information content (AvgIpc) is 2.24. The van der Waals surface area contributed by atoms with Gasteiger partial charge in [-0.2, -0.15) is 0 Å². The molecule has 88 valence electrons. The molecule has 16 heavy (non-hydrogen) atoms. The minimum Gasteiger partial charge on any atom is -0.384 e. The molecule has 1 rings (SSSR count). The van der Waals surface area contributed by atoms with Gasteiger partial charge in [0.1, 0.15) is 5.82 Å². The van der Waals surface area contributed by atoms with Gasteiger partial charge in [0.05, 0.1) is 11.4 Å². The first-order chi connectivity index (χ1) is 7.58. The predicted octanol–water partition coefficient (Wildman–Crippen LogP) is 2.35. The van der Waals surface area contributed by atoms with Crippen LogP contribution in [0.4, 0.5) is 11.5 Å². The zero-order chi connectivity index (χ0) is 12.1. The van der Waals surface area contributed by atoms with Crippen molar-refractivity contribution in [3.63, 3.8) is 0 Å². The van der Waals surface area contributed by atoms with Gasteiger partial charge in [-0.15, -0.1) is 0 Å². The molecule has 0 unspecified atom stereocenters. The van der Waals surface area contributed by atoms with Gasteiger partial charge in [0, 0.05) is 5.92 Å². The largest absolute Gasteiger partial charge is 0.384 e. The summed E-state index contributed by atoms with van der Waals surface area (Å²) in [6.07, 6.45) is 1.70. The van der Waals surface area contributed by atoms with Crippen LogP contribution >= 0.6 is 0 Å². The molecule has 0 aliphatic heterocycles. The van der Waals surface area contributed by atoms with Gasteiger partial charge in [0.15, 0.2) is 0 Å². The first kappa shape index (κ1) is 12.5. The van der Waals surface area contributed by atoms with Crippen LogP contribution in [0.15, 0.2) is 12.1 Å². The van der Waals surface area contributed by atoms with Crippen molar-refractivity contribution in [2.75, 3.05) is 11.1 Å². The summed E-state index contributed by atoms with van der Waals surface area (Å²) in [6.45, 7) is 5.86. The average molecular weight is 221 g/mol. The highest BCUT2D eigenvalue weighted by Crippen LogP contribution is 2.16. The highest BCUT2D eigenvalue weighted by molar-refractivity contribution is 5.93. The number of hydrogen-bond donors (Lipinski definition) is 2. The van der Waals surface area contributed by atoms with Crippen molar-refractivity contribution in [1.82, 2.24) is 4.98 Å². The van der Waals surface area contributed by atoms with Gasteiger partial charge in [0.2, 0.25) is 5.91 Å². The van der Waals surface area contributed by atoms with E-state index in [4.69, 9.17) is 5.73 Å². The summed E-state index contributed by atoms with van der Waals surface area (Å²) in [5.74, 6) is 0.592. The zero-order valence-corrected chi connectivity index (χ0v) is 10.1. The van der Waals surface area contributed by atoms with E-state index in [0.29, 0.717) is 5.82 Å². The van der Waals surface area contributed by atoms with Crippen molar-refractivity contribution in [2.24, 2.45) is 5.92 Å². The van der Waals surface area contributed by atoms with Gasteiger partial charge in [-0.1, -0.05) is 13.8 Å². The van der Waals surface area contributed by atoms with Crippen molar-refractivity contribution < 1.29 is 4.79 Å². The van der Waals surface area contributed by atoms with Crippen molar-refractivity contribution in [3.8, 4) is 0 Å². The maximum Gasteiger partial charge on any atom is 0.227 e. The van der Waals surface area contributed by atoms with E-state index in [9.17, 15) is 4.79 Å². The topological polar surface area (TPSA) is 68.0 Å². The van der Waals surface area contributed by atoms with E-state index in [1.165, 1.54) is 0 Å². The lowest BCUT2D eigenvalue weighted by atomic mass is 10.0. The highest BCUT2D eigenvalue weighted by atomic mass is 16.1. The third-order valence-corrected chi connectivity index (χ3v) is 2.72. The second-order valence-electron chi connectivity index (χ2n) is 3.87. The zero-order valence-electron chi connectivity index (χ0n) is 10.1. The van der Waals surface area contributed by atoms with Gasteiger partial charge in [-0.3, -0.25) is 4.79 Å². The summed E-state index contributed by atoms with van der Waals surface area (Å²) < 4.78 is 0. The Hall–Kier alpha value is -1.58. The molecule has 1 aromatic rings. The Morgan fingerprint density at radius 3 is 2.56 bits per heavy atom. The van der Waals surface area contributed by atoms with Crippen LogP contribution in [0.5, 0.6) is 0 Å². The van der Waals surface area contributed by atoms with E-state index < -0.39 is 0 Å². The molecule has 0 aromatic carbocycles. The predicted molar refractivity (Wildman–Crippen MR) is 66.1 cm³/mol. The maximum absolute atomic E-state index is 11.8. The van der Waals surface area contributed by atoms with Crippen LogP contribution in [-0.2, 0) is 4.79 Å². The number of nitrogens with one attached hydrogen (secondary N) is 1. The number of anilines is 2. The number of nitrogen functional groups attached to an aromatic ring is 1. The van der Waals surface area contributed by atoms with Gasteiger partial charge in [0.25, 0.3) is 0 Å². The normalized spacial score (nSPS) is 10.5. The van der Waals surface area contributed by atoms with E-state index in [1.807, 2.05) is 20.8 Å². The molecule has 1 amide bonds. The molecule has 4 nitrogen and oxygen atoms in total. The van der Waals surface area contributed by atoms with Crippen molar-refractivity contribution >= 4 is 17.4 Å². The van der Waals surface area contributed by atoms with Crippen molar-refractivity contribution in [3.05, 3.63) is 17.8 Å². The molecule has 0 bridgehead atoms. The van der Waals surface area contributed by atoms with Crippen LogP contribution in [0, 0.1) is 12.8 Å². The minimum atomic E-state index is 0.0553. The lowest BCUT2D eigenvalue weighted by Gasteiger charge is -2.14. The fourth-order valence-corrected chi connectivity index (χ4v) is 1.61. The molecule has 0 saturated carbocycles. The summed E-state index contributed by atoms with van der Waals surface area (Å²) in [6, 6.07) is 3.48. The lowest BCUT2D eigenvalue weighted by molar-refractivity contribution is -0.120. The minimum absolute atomic E-state index is 0.0553. The third-order valence-electron chi connectivity index (χ3n) is 2.72. The summed E-state index contributed by atoms with van der Waals surface area (Å²) >= 11 is 0. The van der Waals surface area contributed by atoms with E-state index in [1.54, 1.807) is 12.1 Å². The summed E-state index contributed by atoms with van der Waals surface area (Å²) in [5.41, 5.74) is 7.04. The number of hydrogen-bond acceptors (Lipinski definition) is 3. The monoisotopic (exact) mass is 221 g/mol. The molecule has 0 radical (unpaired) electrons. The van der Waals surface area contributed by atoms with E-state index in [0.717, 1.165) is 24.2 Å². The van der Waals surface area contributed by atoms with E-state index >= 15 is 0 Å². The number of aromatic nitrogens is 1. The smallest absolute Gasteiger partial charge is 0.227 e. The Bertz CT molecular complexity index is 373. The molecule has 0 spiro atoms. The number of nitrogens with two attached hydrogens (primary N) is 1. The number of pyridine rings is 1. The van der Waals surface area contributed by atoms with Crippen LogP contribution in [-0.4, -0.2) is 10.9 Å². The second-order valence-corrected chi connectivity index (χ2v) is 3.87. The first-order valence-electron chi connectivity index (χ1n) is 5.62. The van der Waals surface area contributed by atoms with Gasteiger partial charge in [-0.05, 0) is 31.9 Å². The molecule has 0 aliphatic rings. The number of carbonyl (C=O) groups excluding carboxylic acids is 1. The first-order valence-corrected chi connectivity index (χ1v) is 5.62. The Morgan fingerprint density at radius 2 is 2.06 bits per heavy atom. The van der Waals surface area contributed by atoms with Crippen LogP contribution in [0.2, 0.25) is 0 Å². The molecule has 0 aliphatic carbocycles. The van der Waals surface area contributed by atoms with Crippen molar-refractivity contribution in [1.29, 1.82) is 0 Å². The Kier molecular flexibility index (Phi) is 4.28. The molecule has 4 heteroatoms. The molecule has 3 N–H and O–H groups in total. The van der Waals surface area contributed by atoms with E-state index in [2.05, 4.69) is 10.3 Å². The molecular formula is C12H19N3O. The fourth-order valence-electron chi connectivity index (χ4n) is 1.61. The molecule has 0 saturated heterocycles. The number of nitrogens with zero attached hydrogens (tertiary/aromatic N) is 1. The van der Waals surface area contributed by atoms with Crippen LogP contribution < -0.4 is 11.1 Å². The Labute approximate surface area is 96.3 Å². The summed E-state index contributed by atoms with van der Waals surface area (Å²) in [5, 5.41) is 2.88. The highest BCUT2D eigenvalue weighted by Gasteiger charge is 2.15. The Balaban J connectivity index is 2.76. The molecule has 0 fully saturated rings. The number of carbonyl (C=O) groups is 1. The second kappa shape index (κ2) is 5.49. The Morgan fingerprint density at radius 1 is 1.44 bits per heavy atom. The SMILES string of the molecule is CCC(CC)C(=O)Nc1ccc(N)nc1C. The number of amides is 1. The molecular weight excluding hydrogens is 202 g/mol. The molecule has 0 atom stereocenters. The maximum atomic E-state index is 11.8. The third kappa shape index (κ3) is 2.95. The molecule has 1 aromatic heterocycles. The summed E-state index contributed by atoms with van der Waals surface area (Å²) in [7, 11) is 0. The molecule has 1 heterocycles. The summed E-state index contributed by atoms with van der Waals surface area (Å²) in [4.78, 5) is 15.9. The quantitative estimate of drug-likeness (QED) is 0.820.